The number of para-hydroxylation sites is 1. The van der Waals surface area contributed by atoms with Crippen molar-refractivity contribution in [1.82, 2.24) is 14.5 Å². The molecule has 4 heterocycles. The molecule has 4 aromatic rings. The van der Waals surface area contributed by atoms with Gasteiger partial charge < -0.3 is 19.1 Å². The number of hydrazone groups is 1. The standard InChI is InChI=1S/C30H32N8O/c31-19-23-8-10-24(11-9-23)21-38-22-25(26-6-2-3-7-27(26)38)20-32-35-28-18-29(36-12-4-1-5-13-36)34-30(33-28)37-14-16-39-17-15-37/h2-3,6-11,18,20,22H,1,4-5,12-17,21H2,(H,33,34,35)/b32-20+. The van der Waals surface area contributed by atoms with Crippen molar-refractivity contribution in [1.29, 1.82) is 5.26 Å². The Balaban J connectivity index is 1.25. The van der Waals surface area contributed by atoms with Crippen LogP contribution in [-0.4, -0.2) is 60.1 Å². The van der Waals surface area contributed by atoms with E-state index in [0.29, 0.717) is 31.1 Å². The number of nitrogens with one attached hydrogen (secondary N) is 1. The van der Waals surface area contributed by atoms with Crippen molar-refractivity contribution in [3.63, 3.8) is 0 Å². The van der Waals surface area contributed by atoms with Crippen molar-refractivity contribution < 1.29 is 4.74 Å². The van der Waals surface area contributed by atoms with E-state index in [1.807, 2.05) is 48.7 Å². The van der Waals surface area contributed by atoms with E-state index in [4.69, 9.17) is 20.0 Å². The molecule has 198 valence electrons. The number of benzene rings is 2. The van der Waals surface area contributed by atoms with Crippen molar-refractivity contribution in [3.05, 3.63) is 77.5 Å². The minimum absolute atomic E-state index is 0.667. The van der Waals surface area contributed by atoms with Crippen molar-refractivity contribution in [2.75, 3.05) is 54.6 Å². The smallest absolute Gasteiger partial charge is 0.229 e. The van der Waals surface area contributed by atoms with Crippen LogP contribution in [0.4, 0.5) is 17.6 Å². The van der Waals surface area contributed by atoms with Crippen molar-refractivity contribution in [3.8, 4) is 6.07 Å². The van der Waals surface area contributed by atoms with E-state index in [-0.39, 0.29) is 0 Å². The number of morpholine rings is 1. The third-order valence-electron chi connectivity index (χ3n) is 7.31. The summed E-state index contributed by atoms with van der Waals surface area (Å²) in [6, 6.07) is 20.2. The number of fused-ring (bicyclic) bond motifs is 1. The first kappa shape index (κ1) is 24.9. The zero-order valence-electron chi connectivity index (χ0n) is 22.0. The van der Waals surface area contributed by atoms with E-state index in [0.717, 1.165) is 60.0 Å². The third kappa shape index (κ3) is 5.71. The van der Waals surface area contributed by atoms with E-state index in [9.17, 15) is 0 Å². The summed E-state index contributed by atoms with van der Waals surface area (Å²) in [4.78, 5) is 14.2. The molecule has 2 aromatic heterocycles. The molecular weight excluding hydrogens is 488 g/mol. The summed E-state index contributed by atoms with van der Waals surface area (Å²) in [6.45, 7) is 5.68. The summed E-state index contributed by atoms with van der Waals surface area (Å²) in [7, 11) is 0. The normalized spacial score (nSPS) is 16.1. The molecule has 9 heteroatoms. The molecule has 2 aliphatic rings. The number of aromatic nitrogens is 3. The molecular formula is C30H32N8O. The molecule has 39 heavy (non-hydrogen) atoms. The monoisotopic (exact) mass is 520 g/mol. The van der Waals surface area contributed by atoms with E-state index in [1.165, 1.54) is 19.3 Å². The first-order chi connectivity index (χ1) is 19.3. The lowest BCUT2D eigenvalue weighted by Crippen LogP contribution is -2.38. The van der Waals surface area contributed by atoms with Gasteiger partial charge in [0.15, 0.2) is 5.82 Å². The fourth-order valence-corrected chi connectivity index (χ4v) is 5.23. The van der Waals surface area contributed by atoms with Gasteiger partial charge in [0.25, 0.3) is 0 Å². The van der Waals surface area contributed by atoms with Gasteiger partial charge in [0, 0.05) is 61.5 Å². The molecule has 0 bridgehead atoms. The number of hydrogen-bond acceptors (Lipinski definition) is 8. The van der Waals surface area contributed by atoms with Crippen LogP contribution in [0, 0.1) is 11.3 Å². The van der Waals surface area contributed by atoms with E-state index in [1.54, 1.807) is 0 Å². The molecule has 0 amide bonds. The van der Waals surface area contributed by atoms with Gasteiger partial charge in [0.2, 0.25) is 5.95 Å². The van der Waals surface area contributed by atoms with E-state index in [2.05, 4.69) is 49.3 Å². The zero-order valence-corrected chi connectivity index (χ0v) is 22.0. The van der Waals surface area contributed by atoms with Crippen molar-refractivity contribution in [2.45, 2.75) is 25.8 Å². The number of nitrogens with zero attached hydrogens (tertiary/aromatic N) is 7. The first-order valence-electron chi connectivity index (χ1n) is 13.6. The average Bonchev–Trinajstić information content (AvgIpc) is 3.35. The highest BCUT2D eigenvalue weighted by molar-refractivity contribution is 5.99. The molecule has 6 rings (SSSR count). The van der Waals surface area contributed by atoms with Gasteiger partial charge >= 0.3 is 0 Å². The minimum atomic E-state index is 0.667. The number of anilines is 3. The van der Waals surface area contributed by atoms with E-state index < -0.39 is 0 Å². The second kappa shape index (κ2) is 11.5. The van der Waals surface area contributed by atoms with Crippen LogP contribution >= 0.6 is 0 Å². The minimum Gasteiger partial charge on any atom is -0.378 e. The Hall–Kier alpha value is -4.42. The molecule has 0 unspecified atom stereocenters. The predicted octanol–water partition coefficient (Wildman–Crippen LogP) is 4.62. The Labute approximate surface area is 228 Å². The first-order valence-corrected chi connectivity index (χ1v) is 13.6. The molecule has 2 aliphatic heterocycles. The number of nitriles is 1. The summed E-state index contributed by atoms with van der Waals surface area (Å²) >= 11 is 0. The Kier molecular flexibility index (Phi) is 7.36. The molecule has 2 saturated heterocycles. The maximum Gasteiger partial charge on any atom is 0.229 e. The summed E-state index contributed by atoms with van der Waals surface area (Å²) in [6.07, 6.45) is 7.61. The fraction of sp³-hybridized carbons (Fsp3) is 0.333. The van der Waals surface area contributed by atoms with Crippen LogP contribution in [0.5, 0.6) is 0 Å². The molecule has 0 radical (unpaired) electrons. The lowest BCUT2D eigenvalue weighted by atomic mass is 10.1. The molecule has 2 fully saturated rings. The maximum atomic E-state index is 9.10. The SMILES string of the molecule is N#Cc1ccc(Cn2cc(/C=N/Nc3cc(N4CCCCC4)nc(N4CCOCC4)n3)c3ccccc32)cc1. The van der Waals surface area contributed by atoms with Crippen LogP contribution in [0.2, 0.25) is 0 Å². The zero-order chi connectivity index (χ0) is 26.4. The van der Waals surface area contributed by atoms with Gasteiger partial charge in [-0.2, -0.15) is 20.3 Å². The largest absolute Gasteiger partial charge is 0.378 e. The summed E-state index contributed by atoms with van der Waals surface area (Å²) in [5.74, 6) is 2.35. The van der Waals surface area contributed by atoms with Crippen LogP contribution in [0.15, 0.2) is 65.9 Å². The number of rotatable bonds is 7. The van der Waals surface area contributed by atoms with Gasteiger partial charge in [-0.25, -0.2) is 0 Å². The highest BCUT2D eigenvalue weighted by Gasteiger charge is 2.19. The second-order valence-electron chi connectivity index (χ2n) is 9.97. The summed E-state index contributed by atoms with van der Waals surface area (Å²) < 4.78 is 7.75. The average molecular weight is 521 g/mol. The number of ether oxygens (including phenoxy) is 1. The summed E-state index contributed by atoms with van der Waals surface area (Å²) in [5.41, 5.74) is 7.14. The molecule has 0 aliphatic carbocycles. The van der Waals surface area contributed by atoms with E-state index >= 15 is 0 Å². The number of piperidine rings is 1. The fourth-order valence-electron chi connectivity index (χ4n) is 5.23. The predicted molar refractivity (Wildman–Crippen MR) is 155 cm³/mol. The van der Waals surface area contributed by atoms with Crippen molar-refractivity contribution >= 4 is 34.7 Å². The highest BCUT2D eigenvalue weighted by atomic mass is 16.5. The Morgan fingerprint density at radius 3 is 2.54 bits per heavy atom. The highest BCUT2D eigenvalue weighted by Crippen LogP contribution is 2.25. The maximum absolute atomic E-state index is 9.10. The van der Waals surface area contributed by atoms with Gasteiger partial charge in [-0.1, -0.05) is 30.3 Å². The molecule has 0 saturated carbocycles. The lowest BCUT2D eigenvalue weighted by molar-refractivity contribution is 0.122. The van der Waals surface area contributed by atoms with Gasteiger partial charge in [-0.3, -0.25) is 5.43 Å². The van der Waals surface area contributed by atoms with Crippen LogP contribution in [0.25, 0.3) is 10.9 Å². The van der Waals surface area contributed by atoms with Gasteiger partial charge in [0.1, 0.15) is 5.82 Å². The van der Waals surface area contributed by atoms with Gasteiger partial charge in [-0.05, 0) is 43.0 Å². The quantitative estimate of drug-likeness (QED) is 0.281. The Bertz CT molecular complexity index is 1460. The third-order valence-corrected chi connectivity index (χ3v) is 7.31. The Morgan fingerprint density at radius 2 is 1.74 bits per heavy atom. The van der Waals surface area contributed by atoms with Gasteiger partial charge in [0.05, 0.1) is 31.1 Å². The van der Waals surface area contributed by atoms with Crippen molar-refractivity contribution in [2.24, 2.45) is 5.10 Å². The second-order valence-corrected chi connectivity index (χ2v) is 9.97. The molecule has 0 spiro atoms. The number of hydrogen-bond donors (Lipinski definition) is 1. The molecule has 1 N–H and O–H groups in total. The Morgan fingerprint density at radius 1 is 0.949 bits per heavy atom. The van der Waals surface area contributed by atoms with Crippen LogP contribution in [0.1, 0.15) is 36.0 Å². The van der Waals surface area contributed by atoms with Crippen LogP contribution in [0.3, 0.4) is 0 Å². The topological polar surface area (TPSA) is 94.6 Å². The summed E-state index contributed by atoms with van der Waals surface area (Å²) in [5, 5.41) is 14.8. The van der Waals surface area contributed by atoms with Crippen LogP contribution in [-0.2, 0) is 11.3 Å². The molecule has 0 atom stereocenters. The van der Waals surface area contributed by atoms with Crippen LogP contribution < -0.4 is 15.2 Å². The lowest BCUT2D eigenvalue weighted by Gasteiger charge is -2.31. The molecule has 9 nitrogen and oxygen atoms in total. The van der Waals surface area contributed by atoms with Gasteiger partial charge in [-0.15, -0.1) is 0 Å². The molecule has 2 aromatic carbocycles.